The van der Waals surface area contributed by atoms with E-state index in [0.717, 1.165) is 23.1 Å². The Kier molecular flexibility index (Phi) is 4.06. The van der Waals surface area contributed by atoms with Crippen molar-refractivity contribution in [3.05, 3.63) is 28.2 Å². The molecule has 1 atom stereocenters. The fourth-order valence-electron chi connectivity index (χ4n) is 2.02. The molecule has 0 bridgehead atoms. The molecule has 0 aromatic heterocycles. The van der Waals surface area contributed by atoms with Gasteiger partial charge in [-0.1, -0.05) is 0 Å². The number of carbonyl (C=O) groups is 1. The average Bonchev–Trinajstić information content (AvgIpc) is 2.70. The first-order chi connectivity index (χ1) is 9.50. The van der Waals surface area contributed by atoms with Crippen LogP contribution in [0.15, 0.2) is 22.7 Å². The number of rotatable bonds is 2. The molecular weight excluding hydrogens is 377 g/mol. The van der Waals surface area contributed by atoms with E-state index in [0.29, 0.717) is 0 Å². The minimum Gasteiger partial charge on any atom is -0.310 e. The minimum atomic E-state index is -4.56. The van der Waals surface area contributed by atoms with Gasteiger partial charge in [0.1, 0.15) is 5.25 Å². The van der Waals surface area contributed by atoms with Gasteiger partial charge in [0.15, 0.2) is 0 Å². The number of halogens is 4. The lowest BCUT2D eigenvalue weighted by Crippen LogP contribution is -2.32. The predicted octanol–water partition coefficient (Wildman–Crippen LogP) is 1.86. The molecule has 1 amide bonds. The molecule has 116 valence electrons. The third-order valence-corrected chi connectivity index (χ3v) is 5.03. The fraction of sp³-hybridized carbons (Fsp3) is 0.364. The summed E-state index contributed by atoms with van der Waals surface area (Å²) >= 11 is 3.06. The first kappa shape index (κ1) is 16.2. The van der Waals surface area contributed by atoms with Gasteiger partial charge in [0, 0.05) is 17.4 Å². The molecule has 2 rings (SSSR count). The fourth-order valence-corrected chi connectivity index (χ4v) is 3.22. The van der Waals surface area contributed by atoms with E-state index in [-0.39, 0.29) is 23.1 Å². The molecular formula is C11H10BrF3N2O3S. The molecule has 1 heterocycles. The average molecular weight is 387 g/mol. The highest BCUT2D eigenvalue weighted by Gasteiger charge is 2.39. The zero-order chi connectivity index (χ0) is 16.0. The van der Waals surface area contributed by atoms with Crippen LogP contribution in [0.4, 0.5) is 18.9 Å². The van der Waals surface area contributed by atoms with Crippen LogP contribution in [0.5, 0.6) is 0 Å². The molecule has 1 aromatic rings. The molecule has 0 spiro atoms. The Labute approximate surface area is 127 Å². The largest absolute Gasteiger partial charge is 0.416 e. The van der Waals surface area contributed by atoms with Crippen molar-refractivity contribution in [2.45, 2.75) is 17.8 Å². The molecule has 21 heavy (non-hydrogen) atoms. The van der Waals surface area contributed by atoms with Crippen LogP contribution >= 0.6 is 15.9 Å². The summed E-state index contributed by atoms with van der Waals surface area (Å²) in [4.78, 5) is 12.8. The van der Waals surface area contributed by atoms with Gasteiger partial charge in [-0.2, -0.15) is 13.2 Å². The molecule has 10 heteroatoms. The minimum absolute atomic E-state index is 0.0269. The van der Waals surface area contributed by atoms with Gasteiger partial charge in [-0.3, -0.25) is 4.79 Å². The zero-order valence-corrected chi connectivity index (χ0v) is 12.8. The number of alkyl halides is 3. The number of sulfonamides is 1. The standard InChI is InChI=1S/C11H10BrF3N2O3S/c12-8-2-1-6(11(13,14)15)3-9(8)17-5-7(4-10(17)18)21(16,19)20/h1-3,7H,4-5H2,(H2,16,19,20). The third-order valence-electron chi connectivity index (χ3n) is 3.12. The van der Waals surface area contributed by atoms with Crippen molar-refractivity contribution in [1.82, 2.24) is 0 Å². The zero-order valence-electron chi connectivity index (χ0n) is 10.4. The number of primary sulfonamides is 1. The van der Waals surface area contributed by atoms with E-state index in [9.17, 15) is 26.4 Å². The van der Waals surface area contributed by atoms with Crippen molar-refractivity contribution < 1.29 is 26.4 Å². The van der Waals surface area contributed by atoms with E-state index in [1.807, 2.05) is 0 Å². The van der Waals surface area contributed by atoms with E-state index in [2.05, 4.69) is 15.9 Å². The molecule has 1 fully saturated rings. The molecule has 1 unspecified atom stereocenters. The van der Waals surface area contributed by atoms with Crippen molar-refractivity contribution in [3.63, 3.8) is 0 Å². The summed E-state index contributed by atoms with van der Waals surface area (Å²) in [6.45, 7) is -0.266. The van der Waals surface area contributed by atoms with Gasteiger partial charge in [0.05, 0.1) is 11.3 Å². The highest BCUT2D eigenvalue weighted by molar-refractivity contribution is 9.10. The number of hydrogen-bond acceptors (Lipinski definition) is 3. The van der Waals surface area contributed by atoms with Crippen molar-refractivity contribution in [2.24, 2.45) is 5.14 Å². The molecule has 0 radical (unpaired) electrons. The smallest absolute Gasteiger partial charge is 0.310 e. The lowest BCUT2D eigenvalue weighted by molar-refractivity contribution is -0.137. The Balaban J connectivity index is 2.41. The summed E-state index contributed by atoms with van der Waals surface area (Å²) in [6.07, 6.45) is -4.90. The molecule has 0 saturated carbocycles. The van der Waals surface area contributed by atoms with Crippen LogP contribution in [-0.4, -0.2) is 26.1 Å². The summed E-state index contributed by atoms with van der Waals surface area (Å²) in [5.41, 5.74) is -0.950. The number of benzene rings is 1. The molecule has 5 nitrogen and oxygen atoms in total. The van der Waals surface area contributed by atoms with Gasteiger partial charge in [0.2, 0.25) is 15.9 Å². The summed E-state index contributed by atoms with van der Waals surface area (Å²) in [7, 11) is -3.93. The van der Waals surface area contributed by atoms with Gasteiger partial charge >= 0.3 is 6.18 Å². The van der Waals surface area contributed by atoms with Gasteiger partial charge in [-0.25, -0.2) is 13.6 Å². The van der Waals surface area contributed by atoms with Crippen LogP contribution in [0.2, 0.25) is 0 Å². The first-order valence-corrected chi connectivity index (χ1v) is 8.09. The van der Waals surface area contributed by atoms with Gasteiger partial charge in [0.25, 0.3) is 0 Å². The number of anilines is 1. The second kappa shape index (κ2) is 5.25. The Morgan fingerprint density at radius 1 is 1.33 bits per heavy atom. The summed E-state index contributed by atoms with van der Waals surface area (Å²) in [6, 6.07) is 2.83. The quantitative estimate of drug-likeness (QED) is 0.842. The van der Waals surface area contributed by atoms with Crippen LogP contribution < -0.4 is 10.0 Å². The highest BCUT2D eigenvalue weighted by Crippen LogP contribution is 2.37. The summed E-state index contributed by atoms with van der Waals surface area (Å²) in [5, 5.41) is 3.86. The Bertz CT molecular complexity index is 690. The van der Waals surface area contributed by atoms with Gasteiger partial charge in [-0.15, -0.1) is 0 Å². The lowest BCUT2D eigenvalue weighted by Gasteiger charge is -2.19. The normalized spacial score (nSPS) is 20.1. The van der Waals surface area contributed by atoms with Crippen molar-refractivity contribution in [1.29, 1.82) is 0 Å². The molecule has 1 saturated heterocycles. The van der Waals surface area contributed by atoms with E-state index in [1.54, 1.807) is 0 Å². The van der Waals surface area contributed by atoms with Crippen molar-refractivity contribution >= 4 is 37.5 Å². The number of nitrogens with two attached hydrogens (primary N) is 1. The van der Waals surface area contributed by atoms with Crippen molar-refractivity contribution in [3.8, 4) is 0 Å². The second-order valence-corrected chi connectivity index (χ2v) is 7.28. The molecule has 1 aromatic carbocycles. The van der Waals surface area contributed by atoms with Crippen LogP contribution in [0.25, 0.3) is 0 Å². The van der Waals surface area contributed by atoms with Crippen LogP contribution in [0.3, 0.4) is 0 Å². The third kappa shape index (κ3) is 3.38. The SMILES string of the molecule is NS(=O)(=O)C1CC(=O)N(c2cc(C(F)(F)F)ccc2Br)C1. The van der Waals surface area contributed by atoms with Crippen LogP contribution in [-0.2, 0) is 21.0 Å². The van der Waals surface area contributed by atoms with E-state index < -0.39 is 32.9 Å². The Hall–Kier alpha value is -1.13. The monoisotopic (exact) mass is 386 g/mol. The topological polar surface area (TPSA) is 80.5 Å². The predicted molar refractivity (Wildman–Crippen MR) is 73.0 cm³/mol. The first-order valence-electron chi connectivity index (χ1n) is 5.69. The highest BCUT2D eigenvalue weighted by atomic mass is 79.9. The molecule has 2 N–H and O–H groups in total. The van der Waals surface area contributed by atoms with Crippen molar-refractivity contribution in [2.75, 3.05) is 11.4 Å². The van der Waals surface area contributed by atoms with Gasteiger partial charge < -0.3 is 4.90 Å². The van der Waals surface area contributed by atoms with Crippen LogP contribution in [0, 0.1) is 0 Å². The number of nitrogens with zero attached hydrogens (tertiary/aromatic N) is 1. The number of amides is 1. The van der Waals surface area contributed by atoms with E-state index in [1.165, 1.54) is 0 Å². The Morgan fingerprint density at radius 2 is 1.95 bits per heavy atom. The molecule has 1 aliphatic rings. The van der Waals surface area contributed by atoms with Gasteiger partial charge in [-0.05, 0) is 34.1 Å². The number of hydrogen-bond donors (Lipinski definition) is 1. The second-order valence-electron chi connectivity index (χ2n) is 4.58. The van der Waals surface area contributed by atoms with Crippen LogP contribution in [0.1, 0.15) is 12.0 Å². The summed E-state index contributed by atoms with van der Waals surface area (Å²) in [5.74, 6) is -0.589. The van der Waals surface area contributed by atoms with E-state index >= 15 is 0 Å². The molecule has 0 aliphatic carbocycles. The maximum atomic E-state index is 12.7. The Morgan fingerprint density at radius 3 is 2.43 bits per heavy atom. The molecule has 1 aliphatic heterocycles. The lowest BCUT2D eigenvalue weighted by atomic mass is 10.2. The summed E-state index contributed by atoms with van der Waals surface area (Å²) < 4.78 is 61.0. The van der Waals surface area contributed by atoms with E-state index in [4.69, 9.17) is 5.14 Å². The maximum absolute atomic E-state index is 12.7. The maximum Gasteiger partial charge on any atom is 0.416 e. The number of carbonyl (C=O) groups excluding carboxylic acids is 1.